The number of aryl methyl sites for hydroxylation is 2. The Morgan fingerprint density at radius 2 is 1.88 bits per heavy atom. The number of halogens is 1. The van der Waals surface area contributed by atoms with E-state index < -0.39 is 5.97 Å². The van der Waals surface area contributed by atoms with Gasteiger partial charge in [-0.2, -0.15) is 0 Å². The minimum Gasteiger partial charge on any atom is -0.494 e. The molecule has 4 aromatic rings. The number of carbonyl (C=O) groups excluding carboxylic acids is 1. The molecule has 2 aromatic carbocycles. The van der Waals surface area contributed by atoms with Gasteiger partial charge in [0.15, 0.2) is 5.69 Å². The van der Waals surface area contributed by atoms with Gasteiger partial charge in [0.25, 0.3) is 0 Å². The number of benzene rings is 2. The van der Waals surface area contributed by atoms with Crippen LogP contribution in [0.3, 0.4) is 0 Å². The Labute approximate surface area is 199 Å². The zero-order valence-electron chi connectivity index (χ0n) is 18.8. The molecule has 4 rings (SSSR count). The molecule has 0 amide bonds. The topological polar surface area (TPSA) is 92.3 Å². The van der Waals surface area contributed by atoms with E-state index in [4.69, 9.17) is 13.9 Å². The molecule has 0 N–H and O–H groups in total. The minimum atomic E-state index is -0.572. The van der Waals surface area contributed by atoms with E-state index in [2.05, 4.69) is 31.2 Å². The molecule has 0 unspecified atom stereocenters. The third-order valence-electron chi connectivity index (χ3n) is 5.12. The van der Waals surface area contributed by atoms with E-state index in [0.29, 0.717) is 29.6 Å². The van der Waals surface area contributed by atoms with Crippen LogP contribution in [0.2, 0.25) is 0 Å². The molecule has 33 heavy (non-hydrogen) atoms. The summed E-state index contributed by atoms with van der Waals surface area (Å²) in [6.45, 7) is 8.04. The van der Waals surface area contributed by atoms with Gasteiger partial charge in [-0.15, -0.1) is 5.10 Å². The molecule has 0 bridgehead atoms. The molecule has 2 aromatic heterocycles. The number of rotatable bonds is 7. The first kappa shape index (κ1) is 22.7. The molecule has 9 heteroatoms. The summed E-state index contributed by atoms with van der Waals surface area (Å²) in [5.41, 5.74) is 3.96. The van der Waals surface area contributed by atoms with Crippen LogP contribution in [0.1, 0.15) is 40.1 Å². The summed E-state index contributed by atoms with van der Waals surface area (Å²) < 4.78 is 19.3. The number of oxazole rings is 1. The van der Waals surface area contributed by atoms with Gasteiger partial charge in [-0.25, -0.2) is 14.5 Å². The highest BCUT2D eigenvalue weighted by atomic mass is 79.9. The summed E-state index contributed by atoms with van der Waals surface area (Å²) in [5, 5.41) is 8.15. The molecule has 170 valence electrons. The maximum absolute atomic E-state index is 12.7. The Bertz CT molecular complexity index is 1290. The fraction of sp³-hybridized carbons (Fsp3) is 0.250. The number of ether oxygens (including phenoxy) is 2. The second-order valence-corrected chi connectivity index (χ2v) is 8.28. The van der Waals surface area contributed by atoms with Crippen molar-refractivity contribution in [3.05, 3.63) is 75.3 Å². The summed E-state index contributed by atoms with van der Waals surface area (Å²) >= 11 is 3.48. The summed E-state index contributed by atoms with van der Waals surface area (Å²) in [4.78, 5) is 17.2. The fourth-order valence-electron chi connectivity index (χ4n) is 3.27. The van der Waals surface area contributed by atoms with Crippen LogP contribution >= 0.6 is 15.9 Å². The first-order valence-corrected chi connectivity index (χ1v) is 11.2. The molecule has 8 nitrogen and oxygen atoms in total. The number of nitrogens with zero attached hydrogens (tertiary/aromatic N) is 4. The molecule has 0 atom stereocenters. The van der Waals surface area contributed by atoms with Crippen molar-refractivity contribution in [2.45, 2.75) is 34.3 Å². The SMILES string of the molecule is CCOc1ccc(-c2nc(COC(=O)c3nnn(-c4ccc(Br)c(C)c4)c3C)c(C)o2)cc1. The van der Waals surface area contributed by atoms with Gasteiger partial charge in [-0.05, 0) is 75.7 Å². The van der Waals surface area contributed by atoms with Crippen molar-refractivity contribution in [1.82, 2.24) is 20.0 Å². The number of aromatic nitrogens is 4. The van der Waals surface area contributed by atoms with Crippen molar-refractivity contribution in [2.24, 2.45) is 0 Å². The predicted octanol–water partition coefficient (Wildman–Crippen LogP) is 5.37. The van der Waals surface area contributed by atoms with E-state index in [1.807, 2.05) is 56.3 Å². The fourth-order valence-corrected chi connectivity index (χ4v) is 3.52. The predicted molar refractivity (Wildman–Crippen MR) is 125 cm³/mol. The molecule has 0 aliphatic heterocycles. The standard InChI is InChI=1S/C24H23BrN4O4/c1-5-31-19-9-6-17(7-10-19)23-26-21(16(4)33-23)13-32-24(30)22-15(3)29(28-27-22)18-8-11-20(25)14(2)12-18/h6-12H,5,13H2,1-4H3. The summed E-state index contributed by atoms with van der Waals surface area (Å²) in [5.74, 6) is 1.24. The molecule has 0 saturated carbocycles. The van der Waals surface area contributed by atoms with E-state index in [0.717, 1.165) is 27.0 Å². The number of carbonyl (C=O) groups is 1. The average Bonchev–Trinajstić information content (AvgIpc) is 3.37. The highest BCUT2D eigenvalue weighted by molar-refractivity contribution is 9.10. The largest absolute Gasteiger partial charge is 0.494 e. The molecule has 0 aliphatic carbocycles. The van der Waals surface area contributed by atoms with Crippen LogP contribution in [0.15, 0.2) is 51.4 Å². The van der Waals surface area contributed by atoms with Gasteiger partial charge in [0.1, 0.15) is 23.8 Å². The van der Waals surface area contributed by atoms with Crippen molar-refractivity contribution in [3.8, 4) is 22.9 Å². The highest BCUT2D eigenvalue weighted by Gasteiger charge is 2.21. The number of hydrogen-bond donors (Lipinski definition) is 0. The molecule has 0 saturated heterocycles. The van der Waals surface area contributed by atoms with Crippen LogP contribution in [-0.4, -0.2) is 32.6 Å². The molecule has 0 radical (unpaired) electrons. The zero-order valence-corrected chi connectivity index (χ0v) is 20.3. The van der Waals surface area contributed by atoms with E-state index >= 15 is 0 Å². The van der Waals surface area contributed by atoms with Crippen LogP contribution in [0, 0.1) is 20.8 Å². The van der Waals surface area contributed by atoms with E-state index in [9.17, 15) is 4.79 Å². The first-order chi connectivity index (χ1) is 15.9. The van der Waals surface area contributed by atoms with Gasteiger partial charge in [0.05, 0.1) is 18.0 Å². The van der Waals surface area contributed by atoms with Gasteiger partial charge < -0.3 is 13.9 Å². The van der Waals surface area contributed by atoms with Crippen LogP contribution < -0.4 is 4.74 Å². The maximum Gasteiger partial charge on any atom is 0.361 e. The van der Waals surface area contributed by atoms with E-state index in [1.165, 1.54) is 0 Å². The third kappa shape index (κ3) is 4.83. The smallest absolute Gasteiger partial charge is 0.361 e. The second-order valence-electron chi connectivity index (χ2n) is 7.42. The molecule has 0 fully saturated rings. The second kappa shape index (κ2) is 9.58. The summed E-state index contributed by atoms with van der Waals surface area (Å²) in [6, 6.07) is 13.2. The maximum atomic E-state index is 12.7. The molecule has 0 aliphatic rings. The van der Waals surface area contributed by atoms with Gasteiger partial charge in [-0.3, -0.25) is 0 Å². The van der Waals surface area contributed by atoms with Crippen molar-refractivity contribution >= 4 is 21.9 Å². The number of hydrogen-bond acceptors (Lipinski definition) is 7. The lowest BCUT2D eigenvalue weighted by atomic mass is 10.2. The number of esters is 1. The Morgan fingerprint density at radius 3 is 2.58 bits per heavy atom. The first-order valence-electron chi connectivity index (χ1n) is 10.4. The van der Waals surface area contributed by atoms with Crippen LogP contribution in [0.5, 0.6) is 5.75 Å². The van der Waals surface area contributed by atoms with Crippen molar-refractivity contribution in [1.29, 1.82) is 0 Å². The summed E-state index contributed by atoms with van der Waals surface area (Å²) in [6.07, 6.45) is 0. The molecular weight excluding hydrogens is 488 g/mol. The lowest BCUT2D eigenvalue weighted by Gasteiger charge is -2.06. The molecule has 2 heterocycles. The molecule has 0 spiro atoms. The van der Waals surface area contributed by atoms with Crippen LogP contribution in [-0.2, 0) is 11.3 Å². The van der Waals surface area contributed by atoms with Crippen molar-refractivity contribution in [2.75, 3.05) is 6.61 Å². The van der Waals surface area contributed by atoms with Gasteiger partial charge in [-0.1, -0.05) is 21.1 Å². The quantitative estimate of drug-likeness (QED) is 0.308. The van der Waals surface area contributed by atoms with E-state index in [-0.39, 0.29) is 12.3 Å². The van der Waals surface area contributed by atoms with Crippen molar-refractivity contribution < 1.29 is 18.7 Å². The minimum absolute atomic E-state index is 0.0328. The third-order valence-corrected chi connectivity index (χ3v) is 6.01. The van der Waals surface area contributed by atoms with Crippen LogP contribution in [0.4, 0.5) is 0 Å². The lowest BCUT2D eigenvalue weighted by Crippen LogP contribution is -2.09. The Morgan fingerprint density at radius 1 is 1.12 bits per heavy atom. The van der Waals surface area contributed by atoms with Gasteiger partial charge in [0.2, 0.25) is 5.89 Å². The van der Waals surface area contributed by atoms with Crippen LogP contribution in [0.25, 0.3) is 17.1 Å². The Balaban J connectivity index is 1.46. The average molecular weight is 511 g/mol. The summed E-state index contributed by atoms with van der Waals surface area (Å²) in [7, 11) is 0. The van der Waals surface area contributed by atoms with Crippen molar-refractivity contribution in [3.63, 3.8) is 0 Å². The Kier molecular flexibility index (Phi) is 6.60. The van der Waals surface area contributed by atoms with E-state index in [1.54, 1.807) is 18.5 Å². The Hall–Kier alpha value is -3.46. The zero-order chi connectivity index (χ0) is 23.5. The van der Waals surface area contributed by atoms with Gasteiger partial charge in [0, 0.05) is 10.0 Å². The molecular formula is C24H23BrN4O4. The lowest BCUT2D eigenvalue weighted by molar-refractivity contribution is 0.0459. The monoisotopic (exact) mass is 510 g/mol. The van der Waals surface area contributed by atoms with Gasteiger partial charge >= 0.3 is 5.97 Å². The normalized spacial score (nSPS) is 10.9. The highest BCUT2D eigenvalue weighted by Crippen LogP contribution is 2.25.